The van der Waals surface area contributed by atoms with Crippen molar-refractivity contribution < 1.29 is 9.57 Å². The number of tetrazole rings is 1. The Morgan fingerprint density at radius 1 is 1.26 bits per heavy atom. The van der Waals surface area contributed by atoms with Crippen molar-refractivity contribution in [2.75, 3.05) is 7.11 Å². The summed E-state index contributed by atoms with van der Waals surface area (Å²) in [5, 5.41) is 20.4. The Hall–Kier alpha value is -3.30. The fourth-order valence-corrected chi connectivity index (χ4v) is 3.04. The molecule has 0 N–H and O–H groups in total. The monoisotopic (exact) mass is 427 g/mol. The molecule has 0 bridgehead atoms. The lowest BCUT2D eigenvalue weighted by molar-refractivity contribution is 0.213. The molecule has 1 saturated carbocycles. The summed E-state index contributed by atoms with van der Waals surface area (Å²) in [5.41, 5.74) is 3.65. The molecule has 31 heavy (non-hydrogen) atoms. The lowest BCUT2D eigenvalue weighted by Gasteiger charge is -2.13. The molecular formula is C21H29N7O3. The summed E-state index contributed by atoms with van der Waals surface area (Å²) in [7, 11) is 3.09. The van der Waals surface area contributed by atoms with Crippen LogP contribution in [0.2, 0.25) is 0 Å². The number of hydrogen-bond acceptors (Lipinski definition) is 8. The van der Waals surface area contributed by atoms with E-state index in [0.717, 1.165) is 23.3 Å². The smallest absolute Gasteiger partial charge is 0.368 e. The highest BCUT2D eigenvalue weighted by Crippen LogP contribution is 2.33. The van der Waals surface area contributed by atoms with Gasteiger partial charge in [0.1, 0.15) is 19.4 Å². The van der Waals surface area contributed by atoms with E-state index in [4.69, 9.17) is 9.57 Å². The highest BCUT2D eigenvalue weighted by Gasteiger charge is 2.24. The van der Waals surface area contributed by atoms with E-state index < -0.39 is 0 Å². The number of rotatable bonds is 9. The minimum absolute atomic E-state index is 0.230. The van der Waals surface area contributed by atoms with Crippen molar-refractivity contribution in [3.05, 3.63) is 39.8 Å². The predicted molar refractivity (Wildman–Crippen MR) is 119 cm³/mol. The topological polar surface area (TPSA) is 108 Å². The molecule has 0 aliphatic heterocycles. The zero-order valence-electron chi connectivity index (χ0n) is 18.7. The van der Waals surface area contributed by atoms with Gasteiger partial charge in [-0.2, -0.15) is 14.5 Å². The van der Waals surface area contributed by atoms with Crippen LogP contribution in [0.15, 0.2) is 38.4 Å². The van der Waals surface area contributed by atoms with Gasteiger partial charge in [0.05, 0.1) is 11.4 Å². The van der Waals surface area contributed by atoms with Crippen LogP contribution in [0.1, 0.15) is 50.7 Å². The third-order valence-corrected chi connectivity index (χ3v) is 5.13. The fourth-order valence-electron chi connectivity index (χ4n) is 3.04. The van der Waals surface area contributed by atoms with Crippen molar-refractivity contribution in [3.63, 3.8) is 0 Å². The van der Waals surface area contributed by atoms with Gasteiger partial charge in [-0.15, -0.1) is 5.10 Å². The van der Waals surface area contributed by atoms with Gasteiger partial charge in [0.15, 0.2) is 0 Å². The molecule has 0 amide bonds. The third-order valence-electron chi connectivity index (χ3n) is 5.13. The highest BCUT2D eigenvalue weighted by molar-refractivity contribution is 6.41. The SMILES string of the molecule is CCC(=NN=C(C)C(CC1CC1)=NOC)OCc1c(C)cccc1-n1nnn(C)c1=O. The summed E-state index contributed by atoms with van der Waals surface area (Å²) in [4.78, 5) is 17.3. The molecule has 0 radical (unpaired) electrons. The van der Waals surface area contributed by atoms with E-state index in [2.05, 4.69) is 25.8 Å². The Morgan fingerprint density at radius 3 is 2.65 bits per heavy atom. The summed E-state index contributed by atoms with van der Waals surface area (Å²) in [5.74, 6) is 1.15. The molecule has 1 aromatic heterocycles. The second kappa shape index (κ2) is 10.1. The van der Waals surface area contributed by atoms with Crippen LogP contribution < -0.4 is 5.69 Å². The van der Waals surface area contributed by atoms with Gasteiger partial charge in [-0.1, -0.05) is 24.2 Å². The molecule has 2 aromatic rings. The van der Waals surface area contributed by atoms with Gasteiger partial charge in [0, 0.05) is 19.0 Å². The van der Waals surface area contributed by atoms with Crippen molar-refractivity contribution >= 4 is 17.3 Å². The normalized spacial score (nSPS) is 15.3. The molecule has 1 aromatic carbocycles. The molecule has 0 unspecified atom stereocenters. The molecule has 1 heterocycles. The minimum Gasteiger partial charge on any atom is -0.475 e. The van der Waals surface area contributed by atoms with Crippen molar-refractivity contribution in [2.24, 2.45) is 28.3 Å². The average molecular weight is 428 g/mol. The van der Waals surface area contributed by atoms with E-state index in [9.17, 15) is 4.79 Å². The lowest BCUT2D eigenvalue weighted by Crippen LogP contribution is -2.23. The van der Waals surface area contributed by atoms with Crippen LogP contribution in [0.3, 0.4) is 0 Å². The number of aromatic nitrogens is 4. The van der Waals surface area contributed by atoms with E-state index in [1.54, 1.807) is 7.05 Å². The van der Waals surface area contributed by atoms with Crippen molar-refractivity contribution in [1.29, 1.82) is 0 Å². The van der Waals surface area contributed by atoms with E-state index >= 15 is 0 Å². The standard InChI is InChI=1S/C21H29N7O3/c1-6-20(23-22-15(3)18(24-30-5)12-16-10-11-16)31-13-17-14(2)8-7-9-19(17)28-21(29)27(4)25-26-28/h7-9,16H,6,10-13H2,1-5H3. The summed E-state index contributed by atoms with van der Waals surface area (Å²) >= 11 is 0. The molecule has 1 aliphatic rings. The predicted octanol–water partition coefficient (Wildman–Crippen LogP) is 2.78. The summed E-state index contributed by atoms with van der Waals surface area (Å²) in [6.45, 7) is 6.01. The molecule has 166 valence electrons. The van der Waals surface area contributed by atoms with Gasteiger partial charge in [-0.25, -0.2) is 4.79 Å². The van der Waals surface area contributed by atoms with Gasteiger partial charge >= 0.3 is 5.69 Å². The first-order valence-corrected chi connectivity index (χ1v) is 10.4. The van der Waals surface area contributed by atoms with E-state index in [0.29, 0.717) is 29.6 Å². The first-order valence-electron chi connectivity index (χ1n) is 10.4. The molecule has 10 nitrogen and oxygen atoms in total. The summed E-state index contributed by atoms with van der Waals surface area (Å²) in [6.07, 6.45) is 3.86. The Balaban J connectivity index is 1.78. The lowest BCUT2D eigenvalue weighted by atomic mass is 10.1. The Kier molecular flexibility index (Phi) is 7.32. The zero-order chi connectivity index (χ0) is 22.4. The number of nitrogens with zero attached hydrogens (tertiary/aromatic N) is 7. The maximum atomic E-state index is 12.3. The van der Waals surface area contributed by atoms with Crippen LogP contribution in [0, 0.1) is 12.8 Å². The fraction of sp³-hybridized carbons (Fsp3) is 0.524. The number of aryl methyl sites for hydroxylation is 2. The average Bonchev–Trinajstić information content (AvgIpc) is 3.52. The van der Waals surface area contributed by atoms with Gasteiger partial charge in [-0.3, -0.25) is 0 Å². The Bertz CT molecular complexity index is 1060. The van der Waals surface area contributed by atoms with Crippen LogP contribution in [-0.2, 0) is 23.2 Å². The zero-order valence-corrected chi connectivity index (χ0v) is 18.7. The van der Waals surface area contributed by atoms with Gasteiger partial charge < -0.3 is 9.57 Å². The Labute approximate surface area is 181 Å². The third kappa shape index (κ3) is 5.65. The minimum atomic E-state index is -0.322. The molecular weight excluding hydrogens is 398 g/mol. The Morgan fingerprint density at radius 2 is 2.03 bits per heavy atom. The molecule has 0 saturated heterocycles. The number of benzene rings is 1. The van der Waals surface area contributed by atoms with Crippen molar-refractivity contribution in [1.82, 2.24) is 19.8 Å². The van der Waals surface area contributed by atoms with Crippen LogP contribution in [-0.4, -0.2) is 44.2 Å². The molecule has 0 atom stereocenters. The van der Waals surface area contributed by atoms with Crippen molar-refractivity contribution in [3.8, 4) is 5.69 Å². The van der Waals surface area contributed by atoms with Crippen LogP contribution in [0.4, 0.5) is 0 Å². The van der Waals surface area contributed by atoms with E-state index in [1.165, 1.54) is 29.3 Å². The summed E-state index contributed by atoms with van der Waals surface area (Å²) < 4.78 is 8.40. The molecule has 1 aliphatic carbocycles. The molecule has 1 fully saturated rings. The largest absolute Gasteiger partial charge is 0.475 e. The first-order chi connectivity index (χ1) is 14.9. The van der Waals surface area contributed by atoms with Crippen molar-refractivity contribution in [2.45, 2.75) is 53.1 Å². The number of oxime groups is 1. The van der Waals surface area contributed by atoms with Gasteiger partial charge in [0.25, 0.3) is 0 Å². The van der Waals surface area contributed by atoms with Gasteiger partial charge in [-0.05, 0) is 61.1 Å². The summed E-state index contributed by atoms with van der Waals surface area (Å²) in [6, 6.07) is 5.65. The van der Waals surface area contributed by atoms with E-state index in [1.807, 2.05) is 39.0 Å². The van der Waals surface area contributed by atoms with E-state index in [-0.39, 0.29) is 12.3 Å². The highest BCUT2D eigenvalue weighted by atomic mass is 16.6. The first kappa shape index (κ1) is 22.4. The number of ether oxygens (including phenoxy) is 1. The molecule has 10 heteroatoms. The molecule has 0 spiro atoms. The van der Waals surface area contributed by atoms with Gasteiger partial charge in [0.2, 0.25) is 5.90 Å². The second-order valence-corrected chi connectivity index (χ2v) is 7.56. The maximum Gasteiger partial charge on any atom is 0.368 e. The maximum absolute atomic E-state index is 12.3. The molecule has 3 rings (SSSR count). The second-order valence-electron chi connectivity index (χ2n) is 7.56. The van der Waals surface area contributed by atoms with Crippen LogP contribution in [0.5, 0.6) is 0 Å². The quantitative estimate of drug-likeness (QED) is 0.347. The van der Waals surface area contributed by atoms with Crippen LogP contribution in [0.25, 0.3) is 5.69 Å². The van der Waals surface area contributed by atoms with Crippen LogP contribution >= 0.6 is 0 Å². The number of hydrogen-bond donors (Lipinski definition) is 0.